The summed E-state index contributed by atoms with van der Waals surface area (Å²) in [5.41, 5.74) is 1.14. The van der Waals surface area contributed by atoms with Crippen molar-refractivity contribution in [1.29, 1.82) is 5.26 Å². The van der Waals surface area contributed by atoms with E-state index in [9.17, 15) is 19.6 Å². The third kappa shape index (κ3) is 5.43. The van der Waals surface area contributed by atoms with Crippen LogP contribution in [0.15, 0.2) is 46.9 Å². The SMILES string of the molecule is CN1CCN(c2ccc3nc(CC(NC(=O)c4cccc(Cl)c4)C(=O)NC4(C#N)CC4)oc3c2)C(=O)C1. The van der Waals surface area contributed by atoms with Crippen LogP contribution in [-0.2, 0) is 16.0 Å². The number of nitriles is 1. The number of oxazole rings is 1. The highest BCUT2D eigenvalue weighted by Gasteiger charge is 2.46. The molecule has 1 atom stereocenters. The maximum Gasteiger partial charge on any atom is 0.251 e. The number of nitrogens with one attached hydrogen (secondary N) is 2. The number of nitrogens with zero attached hydrogens (tertiary/aromatic N) is 4. The first-order valence-corrected chi connectivity index (χ1v) is 12.3. The summed E-state index contributed by atoms with van der Waals surface area (Å²) in [5.74, 6) is -0.748. The monoisotopic (exact) mass is 520 g/mol. The minimum Gasteiger partial charge on any atom is -0.441 e. The first-order valence-electron chi connectivity index (χ1n) is 11.9. The average molecular weight is 521 g/mol. The van der Waals surface area contributed by atoms with E-state index in [0.29, 0.717) is 53.3 Å². The van der Waals surface area contributed by atoms with E-state index in [-0.39, 0.29) is 18.2 Å². The van der Waals surface area contributed by atoms with E-state index in [1.807, 2.05) is 18.0 Å². The van der Waals surface area contributed by atoms with Gasteiger partial charge in [-0.15, -0.1) is 0 Å². The van der Waals surface area contributed by atoms with Crippen LogP contribution in [0.4, 0.5) is 5.69 Å². The quantitative estimate of drug-likeness (QED) is 0.488. The third-order valence-corrected chi connectivity index (χ3v) is 6.79. The molecule has 2 aliphatic rings. The number of hydrogen-bond acceptors (Lipinski definition) is 7. The Labute approximate surface area is 218 Å². The molecule has 1 aliphatic carbocycles. The van der Waals surface area contributed by atoms with Crippen molar-refractivity contribution in [1.82, 2.24) is 20.5 Å². The molecule has 10 nitrogen and oxygen atoms in total. The molecule has 11 heteroatoms. The van der Waals surface area contributed by atoms with Crippen molar-refractivity contribution in [2.24, 2.45) is 0 Å². The van der Waals surface area contributed by atoms with Crippen LogP contribution in [0.1, 0.15) is 29.1 Å². The van der Waals surface area contributed by atoms with Gasteiger partial charge < -0.3 is 20.0 Å². The van der Waals surface area contributed by atoms with E-state index >= 15 is 0 Å². The number of rotatable bonds is 7. The normalized spacial score (nSPS) is 17.8. The van der Waals surface area contributed by atoms with Crippen LogP contribution >= 0.6 is 11.6 Å². The summed E-state index contributed by atoms with van der Waals surface area (Å²) in [7, 11) is 1.90. The number of piperazine rings is 1. The fourth-order valence-electron chi connectivity index (χ4n) is 4.25. The number of amides is 3. The number of likely N-dealkylation sites (N-methyl/N-ethyl adjacent to an activating group) is 1. The molecule has 0 radical (unpaired) electrons. The molecule has 2 aromatic carbocycles. The van der Waals surface area contributed by atoms with Gasteiger partial charge in [0.1, 0.15) is 17.1 Å². The second-order valence-corrected chi connectivity index (χ2v) is 9.90. The lowest BCUT2D eigenvalue weighted by atomic mass is 10.1. The van der Waals surface area contributed by atoms with Crippen molar-refractivity contribution >= 4 is 46.1 Å². The Morgan fingerprint density at radius 1 is 1.24 bits per heavy atom. The van der Waals surface area contributed by atoms with Gasteiger partial charge in [-0.3, -0.25) is 19.3 Å². The van der Waals surface area contributed by atoms with Gasteiger partial charge in [-0.1, -0.05) is 17.7 Å². The molecule has 2 fully saturated rings. The summed E-state index contributed by atoms with van der Waals surface area (Å²) < 4.78 is 5.94. The smallest absolute Gasteiger partial charge is 0.251 e. The maximum absolute atomic E-state index is 13.1. The number of benzene rings is 2. The highest BCUT2D eigenvalue weighted by molar-refractivity contribution is 6.31. The fraction of sp³-hybridized carbons (Fsp3) is 0.346. The molecule has 3 amide bonds. The highest BCUT2D eigenvalue weighted by atomic mass is 35.5. The van der Waals surface area contributed by atoms with E-state index in [2.05, 4.69) is 21.7 Å². The van der Waals surface area contributed by atoms with Crippen molar-refractivity contribution in [3.8, 4) is 6.07 Å². The lowest BCUT2D eigenvalue weighted by Gasteiger charge is -2.32. The van der Waals surface area contributed by atoms with Crippen molar-refractivity contribution < 1.29 is 18.8 Å². The molecule has 1 saturated carbocycles. The lowest BCUT2D eigenvalue weighted by Crippen LogP contribution is -2.51. The molecule has 0 spiro atoms. The van der Waals surface area contributed by atoms with Gasteiger partial charge >= 0.3 is 0 Å². The zero-order valence-electron chi connectivity index (χ0n) is 20.2. The van der Waals surface area contributed by atoms with Gasteiger partial charge in [-0.2, -0.15) is 5.26 Å². The van der Waals surface area contributed by atoms with Crippen molar-refractivity contribution in [2.75, 3.05) is 31.6 Å². The summed E-state index contributed by atoms with van der Waals surface area (Å²) in [6.45, 7) is 1.67. The van der Waals surface area contributed by atoms with E-state index < -0.39 is 23.4 Å². The molecule has 2 N–H and O–H groups in total. The zero-order chi connectivity index (χ0) is 26.2. The van der Waals surface area contributed by atoms with Crippen molar-refractivity contribution in [3.05, 3.63) is 58.9 Å². The molecule has 190 valence electrons. The van der Waals surface area contributed by atoms with Gasteiger partial charge in [0.15, 0.2) is 11.5 Å². The Kier molecular flexibility index (Phi) is 6.58. The Morgan fingerprint density at radius 2 is 2.05 bits per heavy atom. The average Bonchev–Trinajstić information content (AvgIpc) is 3.52. The number of carbonyl (C=O) groups excluding carboxylic acids is 3. The highest BCUT2D eigenvalue weighted by Crippen LogP contribution is 2.34. The molecule has 1 aromatic heterocycles. The molecule has 0 bridgehead atoms. The Bertz CT molecular complexity index is 1430. The fourth-order valence-corrected chi connectivity index (χ4v) is 4.44. The number of anilines is 1. The van der Waals surface area contributed by atoms with E-state index in [1.54, 1.807) is 35.2 Å². The molecule has 2 heterocycles. The molecule has 1 unspecified atom stereocenters. The predicted octanol–water partition coefficient (Wildman–Crippen LogP) is 2.27. The number of hydrogen-bond donors (Lipinski definition) is 2. The minimum atomic E-state index is -1.04. The van der Waals surface area contributed by atoms with Gasteiger partial charge in [0, 0.05) is 35.4 Å². The first kappa shape index (κ1) is 24.7. The van der Waals surface area contributed by atoms with Crippen LogP contribution in [0.25, 0.3) is 11.1 Å². The first-order chi connectivity index (χ1) is 17.7. The van der Waals surface area contributed by atoms with Gasteiger partial charge in [-0.25, -0.2) is 4.98 Å². The topological polar surface area (TPSA) is 132 Å². The molecule has 3 aromatic rings. The predicted molar refractivity (Wildman–Crippen MR) is 136 cm³/mol. The van der Waals surface area contributed by atoms with Gasteiger partial charge in [0.05, 0.1) is 19.0 Å². The Balaban J connectivity index is 1.37. The second-order valence-electron chi connectivity index (χ2n) is 9.47. The molecule has 5 rings (SSSR count). The second kappa shape index (κ2) is 9.84. The maximum atomic E-state index is 13.1. The van der Waals surface area contributed by atoms with Crippen LogP contribution < -0.4 is 15.5 Å². The van der Waals surface area contributed by atoms with Gasteiger partial charge in [-0.05, 0) is 50.2 Å². The molecule has 1 saturated heterocycles. The van der Waals surface area contributed by atoms with Crippen LogP contribution in [0, 0.1) is 11.3 Å². The van der Waals surface area contributed by atoms with Crippen LogP contribution in [-0.4, -0.2) is 65.9 Å². The minimum absolute atomic E-state index is 0.000186. The summed E-state index contributed by atoms with van der Waals surface area (Å²) in [6.07, 6.45) is 1.08. The molecule has 37 heavy (non-hydrogen) atoms. The van der Waals surface area contributed by atoms with Crippen LogP contribution in [0.2, 0.25) is 5.02 Å². The lowest BCUT2D eigenvalue weighted by molar-refractivity contribution is -0.123. The zero-order valence-corrected chi connectivity index (χ0v) is 20.9. The van der Waals surface area contributed by atoms with E-state index in [4.69, 9.17) is 16.0 Å². The molecular formula is C26H25ClN6O4. The number of carbonyl (C=O) groups is 3. The number of fused-ring (bicyclic) bond motifs is 1. The third-order valence-electron chi connectivity index (χ3n) is 6.55. The summed E-state index contributed by atoms with van der Waals surface area (Å²) >= 11 is 6.01. The Morgan fingerprint density at radius 3 is 2.76 bits per heavy atom. The Hall–Kier alpha value is -3.94. The summed E-state index contributed by atoms with van der Waals surface area (Å²) in [4.78, 5) is 46.6. The van der Waals surface area contributed by atoms with Crippen LogP contribution in [0.5, 0.6) is 0 Å². The summed E-state index contributed by atoms with van der Waals surface area (Å²) in [5, 5.41) is 15.3. The standard InChI is InChI=1S/C26H25ClN6O4/c1-32-9-10-33(23(34)14-32)18-5-6-19-21(12-18)37-22(29-19)13-20(25(36)31-26(15-28)7-8-26)30-24(35)16-3-2-4-17(27)11-16/h2-6,11-12,20H,7-10,13-14H2,1H3,(H,30,35)(H,31,36). The van der Waals surface area contributed by atoms with E-state index in [1.165, 1.54) is 6.07 Å². The number of halogens is 1. The molecular weight excluding hydrogens is 496 g/mol. The van der Waals surface area contributed by atoms with Crippen LogP contribution in [0.3, 0.4) is 0 Å². The largest absolute Gasteiger partial charge is 0.441 e. The van der Waals surface area contributed by atoms with Crippen molar-refractivity contribution in [2.45, 2.75) is 30.8 Å². The van der Waals surface area contributed by atoms with Gasteiger partial charge in [0.25, 0.3) is 5.91 Å². The molecule has 1 aliphatic heterocycles. The number of aromatic nitrogens is 1. The van der Waals surface area contributed by atoms with Gasteiger partial charge in [0.2, 0.25) is 11.8 Å². The van der Waals surface area contributed by atoms with Crippen molar-refractivity contribution in [3.63, 3.8) is 0 Å². The van der Waals surface area contributed by atoms with E-state index in [0.717, 1.165) is 6.54 Å². The summed E-state index contributed by atoms with van der Waals surface area (Å²) in [6, 6.07) is 12.8.